The summed E-state index contributed by atoms with van der Waals surface area (Å²) >= 11 is 1.07. The van der Waals surface area contributed by atoms with Crippen LogP contribution in [-0.4, -0.2) is 38.7 Å². The molecule has 11 heteroatoms. The summed E-state index contributed by atoms with van der Waals surface area (Å²) in [6.45, 7) is 0.684. The van der Waals surface area contributed by atoms with Crippen molar-refractivity contribution in [3.8, 4) is 5.75 Å². The van der Waals surface area contributed by atoms with Crippen molar-refractivity contribution < 1.29 is 22.8 Å². The molecular weight excluding hydrogens is 406 g/mol. The number of fused-ring (bicyclic) bond motifs is 1. The number of non-ortho nitro benzene ring substituents is 1. The Morgan fingerprint density at radius 3 is 2.50 bits per heavy atom. The predicted octanol–water partition coefficient (Wildman–Crippen LogP) is 2.56. The third kappa shape index (κ3) is 4.06. The van der Waals surface area contributed by atoms with Gasteiger partial charge in [-0.1, -0.05) is 11.3 Å². The summed E-state index contributed by atoms with van der Waals surface area (Å²) in [5.41, 5.74) is 0.577. The number of thiazole rings is 1. The molecule has 28 heavy (non-hydrogen) atoms. The Labute approximate surface area is 164 Å². The molecular formula is C17H17N3O6S2. The van der Waals surface area contributed by atoms with E-state index < -0.39 is 14.9 Å². The lowest BCUT2D eigenvalue weighted by Gasteiger charge is -2.05. The number of nitro groups is 1. The number of rotatable bonds is 7. The van der Waals surface area contributed by atoms with Crippen molar-refractivity contribution in [3.63, 3.8) is 0 Å². The second kappa shape index (κ2) is 8.09. The molecule has 0 aliphatic rings. The van der Waals surface area contributed by atoms with Crippen molar-refractivity contribution in [2.75, 3.05) is 20.8 Å². The lowest BCUT2D eigenvalue weighted by atomic mass is 10.3. The number of nitro benzene ring substituents is 1. The van der Waals surface area contributed by atoms with Crippen LogP contribution in [0.3, 0.4) is 0 Å². The number of hydrogen-bond donors (Lipinski definition) is 0. The molecule has 0 radical (unpaired) electrons. The minimum Gasteiger partial charge on any atom is -0.497 e. The number of benzene rings is 2. The summed E-state index contributed by atoms with van der Waals surface area (Å²) in [6, 6.07) is 10.3. The van der Waals surface area contributed by atoms with Gasteiger partial charge in [0, 0.05) is 25.8 Å². The average Bonchev–Trinajstić information content (AvgIpc) is 3.01. The fourth-order valence-corrected chi connectivity index (χ4v) is 4.84. The molecule has 0 aliphatic carbocycles. The highest BCUT2D eigenvalue weighted by Crippen LogP contribution is 2.24. The van der Waals surface area contributed by atoms with Gasteiger partial charge in [-0.15, -0.1) is 4.40 Å². The SMILES string of the molecule is COCCn1c(=NS(=O)(=O)c2ccc(OC)cc2)sc2cc([N+](=O)[O-])ccc21. The van der Waals surface area contributed by atoms with Crippen LogP contribution < -0.4 is 9.54 Å². The molecule has 0 amide bonds. The van der Waals surface area contributed by atoms with Gasteiger partial charge in [0.25, 0.3) is 15.7 Å². The number of aromatic nitrogens is 1. The third-order valence-corrected chi connectivity index (χ3v) is 6.39. The first-order valence-electron chi connectivity index (χ1n) is 8.07. The minimum absolute atomic E-state index is 0.0232. The number of hydrogen-bond acceptors (Lipinski definition) is 7. The van der Waals surface area contributed by atoms with Gasteiger partial charge in [0.05, 0.1) is 33.8 Å². The van der Waals surface area contributed by atoms with Crippen LogP contribution >= 0.6 is 11.3 Å². The highest BCUT2D eigenvalue weighted by Gasteiger charge is 2.16. The van der Waals surface area contributed by atoms with E-state index in [1.165, 1.54) is 50.6 Å². The van der Waals surface area contributed by atoms with Crippen molar-refractivity contribution >= 4 is 37.3 Å². The first-order valence-corrected chi connectivity index (χ1v) is 10.3. The first kappa shape index (κ1) is 20.0. The quantitative estimate of drug-likeness (QED) is 0.426. The summed E-state index contributed by atoms with van der Waals surface area (Å²) in [5, 5.41) is 11.0. The van der Waals surface area contributed by atoms with Crippen LogP contribution in [0.5, 0.6) is 5.75 Å². The second-order valence-electron chi connectivity index (χ2n) is 5.68. The summed E-state index contributed by atoms with van der Waals surface area (Å²) < 4.78 is 41.8. The van der Waals surface area contributed by atoms with E-state index in [4.69, 9.17) is 9.47 Å². The number of ether oxygens (including phenoxy) is 2. The van der Waals surface area contributed by atoms with Gasteiger partial charge in [0.2, 0.25) is 4.80 Å². The Kier molecular flexibility index (Phi) is 5.77. The topological polar surface area (TPSA) is 113 Å². The molecule has 0 bridgehead atoms. The minimum atomic E-state index is -3.98. The molecule has 2 aromatic carbocycles. The van der Waals surface area contributed by atoms with Gasteiger partial charge < -0.3 is 14.0 Å². The highest BCUT2D eigenvalue weighted by atomic mass is 32.2. The van der Waals surface area contributed by atoms with Gasteiger partial charge in [-0.05, 0) is 30.3 Å². The van der Waals surface area contributed by atoms with Crippen LogP contribution in [0.15, 0.2) is 51.8 Å². The van der Waals surface area contributed by atoms with Gasteiger partial charge in [-0.2, -0.15) is 8.42 Å². The molecule has 148 valence electrons. The lowest BCUT2D eigenvalue weighted by Crippen LogP contribution is -2.19. The van der Waals surface area contributed by atoms with Gasteiger partial charge in [0.1, 0.15) is 5.75 Å². The van der Waals surface area contributed by atoms with E-state index in [0.717, 1.165) is 11.3 Å². The summed E-state index contributed by atoms with van der Waals surface area (Å²) in [5.74, 6) is 0.531. The van der Waals surface area contributed by atoms with E-state index in [0.29, 0.717) is 29.1 Å². The molecule has 0 atom stereocenters. The molecule has 0 aliphatic heterocycles. The molecule has 0 saturated carbocycles. The fraction of sp³-hybridized carbons (Fsp3) is 0.235. The average molecular weight is 423 g/mol. The Hall–Kier alpha value is -2.76. The molecule has 0 saturated heterocycles. The molecule has 9 nitrogen and oxygen atoms in total. The molecule has 0 N–H and O–H groups in total. The molecule has 0 unspecified atom stereocenters. The van der Waals surface area contributed by atoms with Crippen molar-refractivity contribution in [2.45, 2.75) is 11.4 Å². The smallest absolute Gasteiger partial charge is 0.285 e. The van der Waals surface area contributed by atoms with E-state index in [1.807, 2.05) is 0 Å². The zero-order valence-electron chi connectivity index (χ0n) is 15.1. The monoisotopic (exact) mass is 423 g/mol. The van der Waals surface area contributed by atoms with Crippen LogP contribution in [0.2, 0.25) is 0 Å². The Morgan fingerprint density at radius 2 is 1.89 bits per heavy atom. The number of methoxy groups -OCH3 is 2. The Bertz CT molecular complexity index is 1180. The molecule has 0 spiro atoms. The van der Waals surface area contributed by atoms with Crippen molar-refractivity contribution in [2.24, 2.45) is 4.40 Å². The highest BCUT2D eigenvalue weighted by molar-refractivity contribution is 7.90. The van der Waals surface area contributed by atoms with Crippen LogP contribution in [-0.2, 0) is 21.3 Å². The van der Waals surface area contributed by atoms with E-state index in [-0.39, 0.29) is 15.4 Å². The maximum Gasteiger partial charge on any atom is 0.285 e. The van der Waals surface area contributed by atoms with Crippen molar-refractivity contribution in [1.82, 2.24) is 4.57 Å². The molecule has 1 heterocycles. The van der Waals surface area contributed by atoms with Crippen LogP contribution in [0.4, 0.5) is 5.69 Å². The molecule has 1 aromatic heterocycles. The predicted molar refractivity (Wildman–Crippen MR) is 104 cm³/mol. The largest absolute Gasteiger partial charge is 0.497 e. The van der Waals surface area contributed by atoms with Crippen molar-refractivity contribution in [1.29, 1.82) is 0 Å². The Morgan fingerprint density at radius 1 is 1.18 bits per heavy atom. The van der Waals surface area contributed by atoms with E-state index >= 15 is 0 Å². The van der Waals surface area contributed by atoms with Gasteiger partial charge in [0.15, 0.2) is 0 Å². The first-order chi connectivity index (χ1) is 13.4. The van der Waals surface area contributed by atoms with Crippen molar-refractivity contribution in [3.05, 3.63) is 57.4 Å². The molecule has 3 aromatic rings. The van der Waals surface area contributed by atoms with Gasteiger partial charge in [-0.25, -0.2) is 0 Å². The zero-order chi connectivity index (χ0) is 20.3. The molecule has 0 fully saturated rings. The summed E-state index contributed by atoms with van der Waals surface area (Å²) in [7, 11) is -0.954. The maximum absolute atomic E-state index is 12.7. The summed E-state index contributed by atoms with van der Waals surface area (Å²) in [6.07, 6.45) is 0. The normalized spacial score (nSPS) is 12.4. The van der Waals surface area contributed by atoms with Crippen LogP contribution in [0, 0.1) is 10.1 Å². The number of sulfonamides is 1. The lowest BCUT2D eigenvalue weighted by molar-refractivity contribution is -0.384. The molecule has 3 rings (SSSR count). The van der Waals surface area contributed by atoms with Gasteiger partial charge in [-0.3, -0.25) is 10.1 Å². The Balaban J connectivity index is 2.16. The van der Waals surface area contributed by atoms with E-state index in [2.05, 4.69) is 4.40 Å². The van der Waals surface area contributed by atoms with Crippen LogP contribution in [0.25, 0.3) is 10.2 Å². The van der Waals surface area contributed by atoms with Gasteiger partial charge >= 0.3 is 0 Å². The maximum atomic E-state index is 12.7. The van der Waals surface area contributed by atoms with E-state index in [9.17, 15) is 18.5 Å². The zero-order valence-corrected chi connectivity index (χ0v) is 16.7. The number of nitrogens with zero attached hydrogens (tertiary/aromatic N) is 3. The fourth-order valence-electron chi connectivity index (χ4n) is 2.55. The third-order valence-electron chi connectivity index (χ3n) is 3.95. The van der Waals surface area contributed by atoms with Crippen LogP contribution in [0.1, 0.15) is 0 Å². The summed E-state index contributed by atoms with van der Waals surface area (Å²) in [4.78, 5) is 10.8. The standard InChI is InChI=1S/C17H17N3O6S2/c1-25-10-9-19-15-8-3-12(20(21)22)11-16(15)27-17(19)18-28(23,24)14-6-4-13(26-2)5-7-14/h3-8,11H,9-10H2,1-2H3. The van der Waals surface area contributed by atoms with E-state index in [1.54, 1.807) is 10.6 Å². The second-order valence-corrected chi connectivity index (χ2v) is 8.29.